The van der Waals surface area contributed by atoms with Gasteiger partial charge < -0.3 is 10.2 Å². The third-order valence-corrected chi connectivity index (χ3v) is 1.88. The molecule has 0 unspecified atom stereocenters. The first kappa shape index (κ1) is 9.86. The molecule has 0 amide bonds. The first-order valence-corrected chi connectivity index (χ1v) is 4.38. The minimum absolute atomic E-state index is 0.879. The zero-order chi connectivity index (χ0) is 9.68. The molecule has 0 fully saturated rings. The van der Waals surface area contributed by atoms with Gasteiger partial charge in [0.05, 0.1) is 7.11 Å². The summed E-state index contributed by atoms with van der Waals surface area (Å²) in [6, 6.07) is 7.85. The van der Waals surface area contributed by atoms with Crippen LogP contribution >= 0.6 is 0 Å². The maximum absolute atomic E-state index is 5.06. The predicted molar refractivity (Wildman–Crippen MR) is 54.9 cm³/mol. The number of nitrogens with one attached hydrogen (secondary N) is 1. The molecular formula is C10H16N2O. The summed E-state index contributed by atoms with van der Waals surface area (Å²) in [5.41, 5.74) is 4.29. The van der Waals surface area contributed by atoms with Crippen LogP contribution in [-0.4, -0.2) is 25.7 Å². The lowest BCUT2D eigenvalue weighted by molar-refractivity contribution is 0.413. The average molecular weight is 180 g/mol. The summed E-state index contributed by atoms with van der Waals surface area (Å²) in [7, 11) is 3.67. The Morgan fingerprint density at radius 2 is 1.92 bits per heavy atom. The Labute approximate surface area is 79.3 Å². The second-order valence-electron chi connectivity index (χ2n) is 2.85. The molecule has 0 atom stereocenters. The Balaban J connectivity index is 2.58. The van der Waals surface area contributed by atoms with Crippen LogP contribution in [0.1, 0.15) is 6.92 Å². The third-order valence-electron chi connectivity index (χ3n) is 1.88. The molecule has 3 nitrogen and oxygen atoms in total. The molecule has 0 aliphatic heterocycles. The fourth-order valence-electron chi connectivity index (χ4n) is 0.965. The van der Waals surface area contributed by atoms with Gasteiger partial charge in [0.25, 0.3) is 0 Å². The SMILES string of the molecule is CCN(C)Nc1ccc(OC)cc1. The summed E-state index contributed by atoms with van der Waals surface area (Å²) in [6.07, 6.45) is 0. The van der Waals surface area contributed by atoms with E-state index in [2.05, 4.69) is 12.3 Å². The molecule has 0 heterocycles. The zero-order valence-electron chi connectivity index (χ0n) is 8.37. The molecule has 0 aliphatic rings. The molecule has 0 bridgehead atoms. The van der Waals surface area contributed by atoms with E-state index in [1.54, 1.807) is 7.11 Å². The average Bonchev–Trinajstić information content (AvgIpc) is 2.19. The van der Waals surface area contributed by atoms with Crippen molar-refractivity contribution in [1.29, 1.82) is 0 Å². The van der Waals surface area contributed by atoms with E-state index >= 15 is 0 Å². The van der Waals surface area contributed by atoms with E-state index in [9.17, 15) is 0 Å². The fourth-order valence-corrected chi connectivity index (χ4v) is 0.965. The largest absolute Gasteiger partial charge is 0.497 e. The number of benzene rings is 1. The third kappa shape index (κ3) is 2.95. The molecule has 0 aromatic heterocycles. The van der Waals surface area contributed by atoms with Gasteiger partial charge in [-0.1, -0.05) is 6.92 Å². The Hall–Kier alpha value is -1.22. The molecule has 0 aliphatic carbocycles. The number of hydrogen-bond acceptors (Lipinski definition) is 3. The maximum Gasteiger partial charge on any atom is 0.119 e. The van der Waals surface area contributed by atoms with Crippen LogP contribution in [0.3, 0.4) is 0 Å². The van der Waals surface area contributed by atoms with Crippen LogP contribution in [0.25, 0.3) is 0 Å². The van der Waals surface area contributed by atoms with Crippen molar-refractivity contribution in [3.05, 3.63) is 24.3 Å². The van der Waals surface area contributed by atoms with Gasteiger partial charge in [-0.2, -0.15) is 0 Å². The fraction of sp³-hybridized carbons (Fsp3) is 0.400. The maximum atomic E-state index is 5.06. The van der Waals surface area contributed by atoms with Crippen LogP contribution in [0.2, 0.25) is 0 Å². The van der Waals surface area contributed by atoms with Crippen LogP contribution < -0.4 is 10.2 Å². The first-order chi connectivity index (χ1) is 6.26. The minimum atomic E-state index is 0.879. The summed E-state index contributed by atoms with van der Waals surface area (Å²) in [6.45, 7) is 3.06. The monoisotopic (exact) mass is 180 g/mol. The number of nitrogens with zero attached hydrogens (tertiary/aromatic N) is 1. The van der Waals surface area contributed by atoms with Gasteiger partial charge in [0.2, 0.25) is 0 Å². The van der Waals surface area contributed by atoms with Crippen LogP contribution in [0.4, 0.5) is 5.69 Å². The highest BCUT2D eigenvalue weighted by atomic mass is 16.5. The van der Waals surface area contributed by atoms with E-state index < -0.39 is 0 Å². The molecule has 0 radical (unpaired) electrons. The highest BCUT2D eigenvalue weighted by Crippen LogP contribution is 2.14. The minimum Gasteiger partial charge on any atom is -0.497 e. The molecule has 0 saturated carbocycles. The number of ether oxygens (including phenoxy) is 1. The number of methoxy groups -OCH3 is 1. The van der Waals surface area contributed by atoms with Gasteiger partial charge in [-0.25, -0.2) is 5.01 Å². The number of rotatable bonds is 4. The lowest BCUT2D eigenvalue weighted by Gasteiger charge is -2.16. The van der Waals surface area contributed by atoms with Crippen molar-refractivity contribution in [2.24, 2.45) is 0 Å². The highest BCUT2D eigenvalue weighted by molar-refractivity contribution is 5.45. The second kappa shape index (κ2) is 4.72. The number of hydrazine groups is 1. The summed E-state index contributed by atoms with van der Waals surface area (Å²) < 4.78 is 5.06. The first-order valence-electron chi connectivity index (χ1n) is 4.38. The van der Waals surface area contributed by atoms with Crippen molar-refractivity contribution in [3.8, 4) is 5.75 Å². The number of hydrogen-bond donors (Lipinski definition) is 1. The highest BCUT2D eigenvalue weighted by Gasteiger charge is 1.95. The van der Waals surface area contributed by atoms with Gasteiger partial charge in [0.15, 0.2) is 0 Å². The molecule has 1 aromatic carbocycles. The van der Waals surface area contributed by atoms with Crippen molar-refractivity contribution in [2.75, 3.05) is 26.1 Å². The van der Waals surface area contributed by atoms with E-state index in [-0.39, 0.29) is 0 Å². The van der Waals surface area contributed by atoms with Crippen LogP contribution in [-0.2, 0) is 0 Å². The lowest BCUT2D eigenvalue weighted by atomic mass is 10.3. The predicted octanol–water partition coefficient (Wildman–Crippen LogP) is 1.97. The lowest BCUT2D eigenvalue weighted by Crippen LogP contribution is -2.24. The summed E-state index contributed by atoms with van der Waals surface area (Å²) >= 11 is 0. The number of anilines is 1. The quantitative estimate of drug-likeness (QED) is 0.717. The summed E-state index contributed by atoms with van der Waals surface area (Å²) in [5.74, 6) is 0.879. The molecule has 72 valence electrons. The van der Waals surface area contributed by atoms with E-state index in [0.29, 0.717) is 0 Å². The summed E-state index contributed by atoms with van der Waals surface area (Å²) in [4.78, 5) is 0. The van der Waals surface area contributed by atoms with Gasteiger partial charge in [0, 0.05) is 19.3 Å². The summed E-state index contributed by atoms with van der Waals surface area (Å²) in [5, 5.41) is 2.02. The molecular weight excluding hydrogens is 164 g/mol. The van der Waals surface area contributed by atoms with Crippen molar-refractivity contribution in [1.82, 2.24) is 5.01 Å². The van der Waals surface area contributed by atoms with Gasteiger partial charge >= 0.3 is 0 Å². The normalized spacial score (nSPS) is 10.2. The second-order valence-corrected chi connectivity index (χ2v) is 2.85. The molecule has 1 N–H and O–H groups in total. The zero-order valence-corrected chi connectivity index (χ0v) is 8.37. The smallest absolute Gasteiger partial charge is 0.119 e. The molecule has 1 aromatic rings. The van der Waals surface area contributed by atoms with Crippen LogP contribution in [0, 0.1) is 0 Å². The molecule has 0 saturated heterocycles. The molecule has 0 spiro atoms. The van der Waals surface area contributed by atoms with Crippen molar-refractivity contribution < 1.29 is 4.74 Å². The van der Waals surface area contributed by atoms with E-state index in [1.807, 2.05) is 36.3 Å². The van der Waals surface area contributed by atoms with Gasteiger partial charge in [-0.05, 0) is 24.3 Å². The van der Waals surface area contributed by atoms with E-state index in [0.717, 1.165) is 18.0 Å². The Morgan fingerprint density at radius 3 is 2.38 bits per heavy atom. The van der Waals surface area contributed by atoms with Gasteiger partial charge in [-0.15, -0.1) is 0 Å². The van der Waals surface area contributed by atoms with Crippen LogP contribution in [0.15, 0.2) is 24.3 Å². The van der Waals surface area contributed by atoms with Crippen molar-refractivity contribution in [3.63, 3.8) is 0 Å². The van der Waals surface area contributed by atoms with E-state index in [4.69, 9.17) is 4.74 Å². The Bertz CT molecular complexity index is 246. The van der Waals surface area contributed by atoms with Gasteiger partial charge in [-0.3, -0.25) is 0 Å². The molecule has 3 heteroatoms. The molecule has 1 rings (SSSR count). The topological polar surface area (TPSA) is 24.5 Å². The molecule has 13 heavy (non-hydrogen) atoms. The standard InChI is InChI=1S/C10H16N2O/c1-4-12(2)11-9-5-7-10(13-3)8-6-9/h5-8,11H,4H2,1-3H3. The van der Waals surface area contributed by atoms with Crippen molar-refractivity contribution in [2.45, 2.75) is 6.92 Å². The Kier molecular flexibility index (Phi) is 3.58. The Morgan fingerprint density at radius 1 is 1.31 bits per heavy atom. The van der Waals surface area contributed by atoms with Crippen molar-refractivity contribution >= 4 is 5.69 Å². The van der Waals surface area contributed by atoms with Gasteiger partial charge in [0.1, 0.15) is 5.75 Å². The van der Waals surface area contributed by atoms with Crippen LogP contribution in [0.5, 0.6) is 5.75 Å². The van der Waals surface area contributed by atoms with E-state index in [1.165, 1.54) is 0 Å².